The molecule has 1 aromatic rings. The molecule has 0 aliphatic heterocycles. The maximum Gasteiger partial charge on any atom is 0.245 e. The molecular formula is C12H19N3O3. The van der Waals surface area contributed by atoms with Crippen LogP contribution in [0.5, 0.6) is 0 Å². The van der Waals surface area contributed by atoms with Crippen molar-refractivity contribution >= 4 is 17.6 Å². The Bertz CT molecular complexity index is 376. The molecule has 6 nitrogen and oxygen atoms in total. The molecule has 1 N–H and O–H groups in total. The van der Waals surface area contributed by atoms with Crippen LogP contribution in [0, 0.1) is 0 Å². The first-order valence-electron chi connectivity index (χ1n) is 6.15. The molecule has 1 aromatic heterocycles. The number of anilines is 1. The van der Waals surface area contributed by atoms with E-state index in [1.54, 1.807) is 17.9 Å². The second-order valence-electron chi connectivity index (χ2n) is 3.96. The van der Waals surface area contributed by atoms with Crippen molar-refractivity contribution in [2.24, 2.45) is 0 Å². The zero-order valence-corrected chi connectivity index (χ0v) is 10.8. The SMILES string of the molecule is CCCCN(CC(=O)Nc1ccon1)C(=O)CC. The summed E-state index contributed by atoms with van der Waals surface area (Å²) in [6.45, 7) is 4.50. The molecule has 6 heteroatoms. The van der Waals surface area contributed by atoms with Gasteiger partial charge in [-0.15, -0.1) is 0 Å². The number of aromatic nitrogens is 1. The van der Waals surface area contributed by atoms with Gasteiger partial charge in [-0.05, 0) is 6.42 Å². The molecule has 18 heavy (non-hydrogen) atoms. The van der Waals surface area contributed by atoms with Gasteiger partial charge in [-0.3, -0.25) is 9.59 Å². The van der Waals surface area contributed by atoms with Gasteiger partial charge in [0.05, 0.1) is 6.54 Å². The standard InChI is InChI=1S/C12H19N3O3/c1-3-5-7-15(12(17)4-2)9-11(16)13-10-6-8-18-14-10/h6,8H,3-5,7,9H2,1-2H3,(H,13,14,16). The molecule has 2 amide bonds. The third-order valence-electron chi connectivity index (χ3n) is 2.48. The Labute approximate surface area is 106 Å². The van der Waals surface area contributed by atoms with Crippen LogP contribution in [0.15, 0.2) is 16.9 Å². The van der Waals surface area contributed by atoms with Gasteiger partial charge in [0.1, 0.15) is 6.26 Å². The molecule has 0 aliphatic rings. The lowest BCUT2D eigenvalue weighted by atomic mass is 10.3. The summed E-state index contributed by atoms with van der Waals surface area (Å²) in [4.78, 5) is 25.0. The largest absolute Gasteiger partial charge is 0.363 e. The Morgan fingerprint density at radius 3 is 2.78 bits per heavy atom. The van der Waals surface area contributed by atoms with Crippen molar-refractivity contribution in [2.75, 3.05) is 18.4 Å². The van der Waals surface area contributed by atoms with Crippen LogP contribution in [0.3, 0.4) is 0 Å². The fourth-order valence-electron chi connectivity index (χ4n) is 1.50. The Hall–Kier alpha value is -1.85. The fraction of sp³-hybridized carbons (Fsp3) is 0.583. The first kappa shape index (κ1) is 14.2. The third kappa shape index (κ3) is 4.57. The molecule has 0 radical (unpaired) electrons. The number of hydrogen-bond donors (Lipinski definition) is 1. The molecule has 1 heterocycles. The van der Waals surface area contributed by atoms with Gasteiger partial charge in [0.2, 0.25) is 11.8 Å². The van der Waals surface area contributed by atoms with E-state index in [1.807, 2.05) is 6.92 Å². The van der Waals surface area contributed by atoms with Crippen LogP contribution in [0.25, 0.3) is 0 Å². The van der Waals surface area contributed by atoms with Gasteiger partial charge in [-0.25, -0.2) is 0 Å². The number of nitrogens with one attached hydrogen (secondary N) is 1. The minimum Gasteiger partial charge on any atom is -0.363 e. The lowest BCUT2D eigenvalue weighted by molar-refractivity contribution is -0.134. The van der Waals surface area contributed by atoms with Crippen LogP contribution < -0.4 is 5.32 Å². The molecule has 0 atom stereocenters. The van der Waals surface area contributed by atoms with Crippen LogP contribution in [0.4, 0.5) is 5.82 Å². The van der Waals surface area contributed by atoms with Gasteiger partial charge < -0.3 is 14.7 Å². The highest BCUT2D eigenvalue weighted by Gasteiger charge is 2.15. The minimum atomic E-state index is -0.262. The molecule has 0 saturated carbocycles. The lowest BCUT2D eigenvalue weighted by Gasteiger charge is -2.21. The van der Waals surface area contributed by atoms with Crippen molar-refractivity contribution in [1.29, 1.82) is 0 Å². The van der Waals surface area contributed by atoms with Crippen molar-refractivity contribution in [1.82, 2.24) is 10.1 Å². The van der Waals surface area contributed by atoms with E-state index in [9.17, 15) is 9.59 Å². The number of unbranched alkanes of at least 4 members (excludes halogenated alkanes) is 1. The lowest BCUT2D eigenvalue weighted by Crippen LogP contribution is -2.38. The molecule has 0 aliphatic carbocycles. The topological polar surface area (TPSA) is 75.4 Å². The van der Waals surface area contributed by atoms with Crippen LogP contribution >= 0.6 is 0 Å². The monoisotopic (exact) mass is 253 g/mol. The smallest absolute Gasteiger partial charge is 0.245 e. The van der Waals surface area contributed by atoms with Crippen molar-refractivity contribution in [3.63, 3.8) is 0 Å². The van der Waals surface area contributed by atoms with Crippen LogP contribution in [-0.2, 0) is 9.59 Å². The summed E-state index contributed by atoms with van der Waals surface area (Å²) in [6, 6.07) is 1.55. The van der Waals surface area contributed by atoms with E-state index in [4.69, 9.17) is 0 Å². The van der Waals surface area contributed by atoms with Crippen LogP contribution in [-0.4, -0.2) is 35.0 Å². The van der Waals surface area contributed by atoms with Crippen molar-refractivity contribution in [3.8, 4) is 0 Å². The average molecular weight is 253 g/mol. The predicted octanol–water partition coefficient (Wildman–Crippen LogP) is 1.65. The van der Waals surface area contributed by atoms with Crippen molar-refractivity contribution in [2.45, 2.75) is 33.1 Å². The third-order valence-corrected chi connectivity index (χ3v) is 2.48. The zero-order valence-electron chi connectivity index (χ0n) is 10.8. The predicted molar refractivity (Wildman–Crippen MR) is 66.9 cm³/mol. The molecule has 0 aromatic carbocycles. The maximum atomic E-state index is 11.7. The van der Waals surface area contributed by atoms with E-state index < -0.39 is 0 Å². The fourth-order valence-corrected chi connectivity index (χ4v) is 1.50. The second kappa shape index (κ2) is 7.47. The highest BCUT2D eigenvalue weighted by Crippen LogP contribution is 2.03. The van der Waals surface area contributed by atoms with Crippen LogP contribution in [0.2, 0.25) is 0 Å². The average Bonchev–Trinajstić information content (AvgIpc) is 2.86. The normalized spacial score (nSPS) is 10.1. The van der Waals surface area contributed by atoms with E-state index in [1.165, 1.54) is 6.26 Å². The summed E-state index contributed by atoms with van der Waals surface area (Å²) in [7, 11) is 0. The maximum absolute atomic E-state index is 11.7. The van der Waals surface area contributed by atoms with Crippen molar-refractivity contribution in [3.05, 3.63) is 12.3 Å². The number of carbonyl (C=O) groups excluding carboxylic acids is 2. The molecule has 0 bridgehead atoms. The van der Waals surface area contributed by atoms with E-state index in [-0.39, 0.29) is 18.4 Å². The Morgan fingerprint density at radius 1 is 1.44 bits per heavy atom. The van der Waals surface area contributed by atoms with Gasteiger partial charge in [0, 0.05) is 19.0 Å². The number of carbonyl (C=O) groups is 2. The van der Waals surface area contributed by atoms with Crippen molar-refractivity contribution < 1.29 is 14.1 Å². The molecule has 0 spiro atoms. The summed E-state index contributed by atoms with van der Waals surface area (Å²) in [6.07, 6.45) is 3.66. The Balaban J connectivity index is 2.48. The van der Waals surface area contributed by atoms with E-state index in [0.29, 0.717) is 18.8 Å². The first-order valence-corrected chi connectivity index (χ1v) is 6.15. The Kier molecular flexibility index (Phi) is 5.90. The van der Waals surface area contributed by atoms with Gasteiger partial charge in [-0.2, -0.15) is 0 Å². The molecule has 100 valence electrons. The molecule has 0 saturated heterocycles. The van der Waals surface area contributed by atoms with E-state index in [2.05, 4.69) is 15.0 Å². The second-order valence-corrected chi connectivity index (χ2v) is 3.96. The van der Waals surface area contributed by atoms with Gasteiger partial charge in [0.25, 0.3) is 0 Å². The summed E-state index contributed by atoms with van der Waals surface area (Å²) >= 11 is 0. The summed E-state index contributed by atoms with van der Waals surface area (Å²) in [5, 5.41) is 6.15. The number of amides is 2. The summed E-state index contributed by atoms with van der Waals surface area (Å²) in [5.74, 6) is 0.0833. The Morgan fingerprint density at radius 2 is 2.22 bits per heavy atom. The van der Waals surface area contributed by atoms with E-state index >= 15 is 0 Å². The highest BCUT2D eigenvalue weighted by molar-refractivity contribution is 5.93. The first-order chi connectivity index (χ1) is 8.67. The molecular weight excluding hydrogens is 234 g/mol. The number of hydrogen-bond acceptors (Lipinski definition) is 4. The number of nitrogens with zero attached hydrogens (tertiary/aromatic N) is 2. The molecule has 0 unspecified atom stereocenters. The molecule has 0 fully saturated rings. The minimum absolute atomic E-state index is 0.0150. The summed E-state index contributed by atoms with van der Waals surface area (Å²) in [5.41, 5.74) is 0. The van der Waals surface area contributed by atoms with E-state index in [0.717, 1.165) is 12.8 Å². The van der Waals surface area contributed by atoms with Gasteiger partial charge in [-0.1, -0.05) is 25.4 Å². The van der Waals surface area contributed by atoms with Gasteiger partial charge >= 0.3 is 0 Å². The number of rotatable bonds is 7. The van der Waals surface area contributed by atoms with Gasteiger partial charge in [0.15, 0.2) is 5.82 Å². The van der Waals surface area contributed by atoms with Crippen LogP contribution in [0.1, 0.15) is 33.1 Å². The quantitative estimate of drug-likeness (QED) is 0.801. The summed E-state index contributed by atoms with van der Waals surface area (Å²) < 4.78 is 4.61. The molecule has 1 rings (SSSR count). The zero-order chi connectivity index (χ0) is 13.4. The highest BCUT2D eigenvalue weighted by atomic mass is 16.5.